The van der Waals surface area contributed by atoms with Gasteiger partial charge in [0.1, 0.15) is 13.2 Å². The quantitative estimate of drug-likeness (QED) is 0.0343. The molecule has 0 aliphatic rings. The molecule has 1 atom stereocenters. The number of rotatable bonds is 55. The molecule has 6 nitrogen and oxygen atoms in total. The SMILES string of the molecule is CCCCCCCCCCCCCCCCCCCCC(=O)O[C@@H](COC(=O)CCCCCCCCCCCCCCCCC)COC(=O)CCCCCCCCCCCCCCC(C)C. The molecule has 0 aromatic heterocycles. The molecule has 0 N–H and O–H groups in total. The second kappa shape index (κ2) is 54.4. The van der Waals surface area contributed by atoms with Crippen molar-refractivity contribution in [2.24, 2.45) is 5.92 Å². The summed E-state index contributed by atoms with van der Waals surface area (Å²) < 4.78 is 16.9. The van der Waals surface area contributed by atoms with Crippen LogP contribution in [-0.2, 0) is 28.6 Å². The number of carbonyl (C=O) groups is 3. The number of carbonyl (C=O) groups excluding carboxylic acids is 3. The van der Waals surface area contributed by atoms with Crippen molar-refractivity contribution in [3.63, 3.8) is 0 Å². The minimum absolute atomic E-state index is 0.0617. The molecule has 0 radical (unpaired) electrons. The zero-order valence-electron chi connectivity index (χ0n) is 45.2. The van der Waals surface area contributed by atoms with Gasteiger partial charge in [-0.1, -0.05) is 304 Å². The van der Waals surface area contributed by atoms with Crippen LogP contribution in [0.15, 0.2) is 0 Å². The lowest BCUT2D eigenvalue weighted by atomic mass is 10.0. The van der Waals surface area contributed by atoms with Gasteiger partial charge in [0.25, 0.3) is 0 Å². The van der Waals surface area contributed by atoms with Crippen LogP contribution in [0.5, 0.6) is 0 Å². The fourth-order valence-corrected chi connectivity index (χ4v) is 9.28. The topological polar surface area (TPSA) is 78.9 Å². The number of esters is 3. The molecule has 0 aliphatic heterocycles. The van der Waals surface area contributed by atoms with Crippen LogP contribution in [-0.4, -0.2) is 37.2 Å². The number of hydrogen-bond acceptors (Lipinski definition) is 6. The van der Waals surface area contributed by atoms with Crippen LogP contribution in [0.25, 0.3) is 0 Å². The van der Waals surface area contributed by atoms with Gasteiger partial charge in [-0.15, -0.1) is 0 Å². The van der Waals surface area contributed by atoms with Gasteiger partial charge in [-0.05, 0) is 25.2 Å². The van der Waals surface area contributed by atoms with E-state index in [1.165, 1.54) is 238 Å². The Kier molecular flexibility index (Phi) is 53.0. The smallest absolute Gasteiger partial charge is 0.306 e. The predicted octanol–water partition coefficient (Wildman–Crippen LogP) is 19.8. The Hall–Kier alpha value is -1.59. The Labute approximate surface area is 412 Å². The lowest BCUT2D eigenvalue weighted by molar-refractivity contribution is -0.167. The zero-order chi connectivity index (χ0) is 48.1. The Balaban J connectivity index is 4.29. The molecule has 0 saturated carbocycles. The molecule has 0 fully saturated rings. The minimum atomic E-state index is -0.762. The third-order valence-electron chi connectivity index (χ3n) is 13.8. The van der Waals surface area contributed by atoms with Gasteiger partial charge in [-0.3, -0.25) is 14.4 Å². The molecular formula is C60H116O6. The summed E-state index contributed by atoms with van der Waals surface area (Å²) in [7, 11) is 0. The van der Waals surface area contributed by atoms with Gasteiger partial charge in [-0.2, -0.15) is 0 Å². The van der Waals surface area contributed by atoms with Gasteiger partial charge in [0.2, 0.25) is 0 Å². The summed E-state index contributed by atoms with van der Waals surface area (Å²) >= 11 is 0. The van der Waals surface area contributed by atoms with Crippen molar-refractivity contribution in [1.82, 2.24) is 0 Å². The molecule has 0 spiro atoms. The van der Waals surface area contributed by atoms with Gasteiger partial charge < -0.3 is 14.2 Å². The number of hydrogen-bond donors (Lipinski definition) is 0. The summed E-state index contributed by atoms with van der Waals surface area (Å²) in [6, 6.07) is 0. The van der Waals surface area contributed by atoms with Crippen LogP contribution in [0.3, 0.4) is 0 Å². The Morgan fingerprint density at radius 3 is 0.742 bits per heavy atom. The van der Waals surface area contributed by atoms with Crippen molar-refractivity contribution in [2.75, 3.05) is 13.2 Å². The van der Waals surface area contributed by atoms with E-state index in [4.69, 9.17) is 14.2 Å². The van der Waals surface area contributed by atoms with Gasteiger partial charge in [0.15, 0.2) is 6.10 Å². The molecule has 0 amide bonds. The van der Waals surface area contributed by atoms with E-state index in [-0.39, 0.29) is 31.1 Å². The molecule has 0 aromatic carbocycles. The fourth-order valence-electron chi connectivity index (χ4n) is 9.28. The summed E-state index contributed by atoms with van der Waals surface area (Å²) in [5, 5.41) is 0. The third kappa shape index (κ3) is 53.4. The first-order valence-corrected chi connectivity index (χ1v) is 29.9. The Bertz CT molecular complexity index is 996. The Morgan fingerprint density at radius 1 is 0.288 bits per heavy atom. The van der Waals surface area contributed by atoms with Gasteiger partial charge in [0.05, 0.1) is 0 Å². The molecule has 66 heavy (non-hydrogen) atoms. The van der Waals surface area contributed by atoms with Crippen LogP contribution in [0.2, 0.25) is 0 Å². The predicted molar refractivity (Wildman–Crippen MR) is 284 cm³/mol. The molecule has 0 unspecified atom stereocenters. The van der Waals surface area contributed by atoms with Crippen molar-refractivity contribution >= 4 is 17.9 Å². The summed E-state index contributed by atoms with van der Waals surface area (Å²) in [6.07, 6.45) is 59.5. The van der Waals surface area contributed by atoms with Crippen molar-refractivity contribution in [2.45, 2.75) is 348 Å². The van der Waals surface area contributed by atoms with Gasteiger partial charge >= 0.3 is 17.9 Å². The Morgan fingerprint density at radius 2 is 0.500 bits per heavy atom. The number of unbranched alkanes of at least 4 members (excludes halogenated alkanes) is 42. The molecule has 0 aromatic rings. The van der Waals surface area contributed by atoms with E-state index in [0.29, 0.717) is 19.3 Å². The summed E-state index contributed by atoms with van der Waals surface area (Å²) in [5.41, 5.74) is 0. The molecule has 392 valence electrons. The van der Waals surface area contributed by atoms with Crippen molar-refractivity contribution in [1.29, 1.82) is 0 Å². The highest BCUT2D eigenvalue weighted by molar-refractivity contribution is 5.71. The second-order valence-corrected chi connectivity index (χ2v) is 21.1. The van der Waals surface area contributed by atoms with E-state index >= 15 is 0 Å². The zero-order valence-corrected chi connectivity index (χ0v) is 45.2. The lowest BCUT2D eigenvalue weighted by Gasteiger charge is -2.18. The highest BCUT2D eigenvalue weighted by Gasteiger charge is 2.19. The van der Waals surface area contributed by atoms with Gasteiger partial charge in [-0.25, -0.2) is 0 Å². The average Bonchev–Trinajstić information content (AvgIpc) is 3.30. The highest BCUT2D eigenvalue weighted by Crippen LogP contribution is 2.18. The second-order valence-electron chi connectivity index (χ2n) is 21.1. The van der Waals surface area contributed by atoms with E-state index in [0.717, 1.165) is 63.7 Å². The molecule has 0 aliphatic carbocycles. The maximum absolute atomic E-state index is 12.9. The summed E-state index contributed by atoms with van der Waals surface area (Å²) in [4.78, 5) is 38.2. The van der Waals surface area contributed by atoms with Crippen molar-refractivity contribution in [3.8, 4) is 0 Å². The molecule has 6 heteroatoms. The first kappa shape index (κ1) is 64.4. The lowest BCUT2D eigenvalue weighted by Crippen LogP contribution is -2.30. The van der Waals surface area contributed by atoms with E-state index < -0.39 is 6.10 Å². The van der Waals surface area contributed by atoms with E-state index in [1.54, 1.807) is 0 Å². The van der Waals surface area contributed by atoms with E-state index in [9.17, 15) is 14.4 Å². The summed E-state index contributed by atoms with van der Waals surface area (Å²) in [6.45, 7) is 9.07. The van der Waals surface area contributed by atoms with E-state index in [1.807, 2.05) is 0 Å². The average molecular weight is 934 g/mol. The maximum Gasteiger partial charge on any atom is 0.306 e. The maximum atomic E-state index is 12.9. The normalized spacial score (nSPS) is 12.0. The van der Waals surface area contributed by atoms with E-state index in [2.05, 4.69) is 27.7 Å². The van der Waals surface area contributed by atoms with Crippen LogP contribution in [0, 0.1) is 5.92 Å². The molecule has 0 heterocycles. The van der Waals surface area contributed by atoms with Crippen LogP contribution in [0.4, 0.5) is 0 Å². The van der Waals surface area contributed by atoms with Gasteiger partial charge in [0, 0.05) is 19.3 Å². The highest BCUT2D eigenvalue weighted by atomic mass is 16.6. The minimum Gasteiger partial charge on any atom is -0.462 e. The molecule has 0 bridgehead atoms. The standard InChI is InChI=1S/C60H116O6/c1-5-7-9-11-13-15-17-19-21-22-23-25-27-33-37-41-45-49-53-60(63)66-57(54-64-58(61)51-47-43-39-35-31-26-24-20-18-16-14-12-10-8-6-2)55-65-59(62)52-48-44-40-36-32-29-28-30-34-38-42-46-50-56(3)4/h56-57H,5-55H2,1-4H3/t57-/m0/s1. The first-order chi connectivity index (χ1) is 32.4. The molecule has 0 rings (SSSR count). The summed E-state index contributed by atoms with van der Waals surface area (Å²) in [5.74, 6) is 0.00105. The van der Waals surface area contributed by atoms with Crippen LogP contribution >= 0.6 is 0 Å². The molecular weight excluding hydrogens is 817 g/mol. The van der Waals surface area contributed by atoms with Crippen LogP contribution in [0.1, 0.15) is 342 Å². The largest absolute Gasteiger partial charge is 0.462 e. The fraction of sp³-hybridized carbons (Fsp3) is 0.950. The monoisotopic (exact) mass is 933 g/mol. The molecule has 0 saturated heterocycles. The first-order valence-electron chi connectivity index (χ1n) is 29.9. The van der Waals surface area contributed by atoms with Crippen LogP contribution < -0.4 is 0 Å². The van der Waals surface area contributed by atoms with Crippen molar-refractivity contribution in [3.05, 3.63) is 0 Å². The number of ether oxygens (including phenoxy) is 3. The third-order valence-corrected chi connectivity index (χ3v) is 13.8. The van der Waals surface area contributed by atoms with Crippen molar-refractivity contribution < 1.29 is 28.6 Å².